The number of anilines is 1. The third kappa shape index (κ3) is 8.43. The number of nitrogens with one attached hydrogen (secondary N) is 2. The first kappa shape index (κ1) is 39.6. The minimum absolute atomic E-state index is 0.0294. The second-order valence-corrected chi connectivity index (χ2v) is 16.2. The van der Waals surface area contributed by atoms with E-state index in [1.807, 2.05) is 0 Å². The van der Waals surface area contributed by atoms with Gasteiger partial charge in [-0.05, 0) is 38.4 Å². The number of H-pyrrole nitrogens is 1. The quantitative estimate of drug-likeness (QED) is 0.183. The lowest BCUT2D eigenvalue weighted by Crippen LogP contribution is -2.44. The van der Waals surface area contributed by atoms with E-state index >= 15 is 4.39 Å². The van der Waals surface area contributed by atoms with Crippen molar-refractivity contribution in [1.82, 2.24) is 48.7 Å². The first-order chi connectivity index (χ1) is 25.3. The summed E-state index contributed by atoms with van der Waals surface area (Å²) in [5.74, 6) is -0.225. The molecule has 7 heterocycles. The van der Waals surface area contributed by atoms with E-state index in [4.69, 9.17) is 45.0 Å². The summed E-state index contributed by atoms with van der Waals surface area (Å²) >= 11 is 5.23. The first-order valence-corrected chi connectivity index (χ1v) is 20.8. The third-order valence-corrected chi connectivity index (χ3v) is 11.4. The molecule has 3 fully saturated rings. The highest BCUT2D eigenvalue weighted by molar-refractivity contribution is 8.07. The summed E-state index contributed by atoms with van der Waals surface area (Å²) in [6, 6.07) is 0. The normalized spacial score (nSPS) is 31.8. The van der Waals surface area contributed by atoms with Crippen molar-refractivity contribution in [2.45, 2.75) is 76.8 Å². The van der Waals surface area contributed by atoms with E-state index in [2.05, 4.69) is 60.3 Å². The second kappa shape index (κ2) is 16.3. The summed E-state index contributed by atoms with van der Waals surface area (Å²) in [5, 5.41) is 0. The summed E-state index contributed by atoms with van der Waals surface area (Å²) in [7, 11) is -4.67. The van der Waals surface area contributed by atoms with E-state index in [0.29, 0.717) is 5.52 Å². The van der Waals surface area contributed by atoms with Crippen molar-refractivity contribution < 1.29 is 45.1 Å². The maximum absolute atomic E-state index is 16.0. The van der Waals surface area contributed by atoms with Gasteiger partial charge < -0.3 is 34.3 Å². The van der Waals surface area contributed by atoms with Crippen LogP contribution >= 0.6 is 6.72 Å². The predicted octanol–water partition coefficient (Wildman–Crippen LogP) is 0.280. The van der Waals surface area contributed by atoms with Crippen LogP contribution < -0.4 is 16.0 Å². The van der Waals surface area contributed by atoms with Gasteiger partial charge in [0.15, 0.2) is 41.5 Å². The number of aromatic amines is 1. The molecule has 3 aliphatic rings. The molecule has 5 N–H and O–H groups in total. The Kier molecular flexibility index (Phi) is 12.2. The number of nitrogen functional groups attached to an aromatic ring is 1. The number of hydrogen-bond donors (Lipinski definition) is 4. The van der Waals surface area contributed by atoms with Crippen LogP contribution in [-0.2, 0) is 49.6 Å². The summed E-state index contributed by atoms with van der Waals surface area (Å²) in [5.41, 5.74) is 5.56. The highest BCUT2D eigenvalue weighted by atomic mass is 32.5. The van der Waals surface area contributed by atoms with Crippen LogP contribution in [-0.4, -0.2) is 133 Å². The van der Waals surface area contributed by atoms with Crippen LogP contribution in [0, 0.1) is 0 Å². The lowest BCUT2D eigenvalue weighted by Gasteiger charge is -2.26. The van der Waals surface area contributed by atoms with Crippen LogP contribution in [0.4, 0.5) is 10.3 Å². The van der Waals surface area contributed by atoms with E-state index in [1.165, 1.54) is 53.9 Å². The lowest BCUT2D eigenvalue weighted by atomic mass is 10.1. The Labute approximate surface area is 307 Å². The van der Waals surface area contributed by atoms with Gasteiger partial charge in [-0.3, -0.25) is 23.4 Å². The fourth-order valence-electron chi connectivity index (χ4n) is 6.26. The van der Waals surface area contributed by atoms with E-state index in [0.717, 1.165) is 0 Å². The van der Waals surface area contributed by atoms with Crippen LogP contribution in [0.5, 0.6) is 0 Å². The smallest absolute Gasteiger partial charge is 0.336 e. The number of alkyl halides is 1. The molecule has 0 amide bonds. The van der Waals surface area contributed by atoms with Crippen LogP contribution in [0.15, 0.2) is 30.0 Å². The van der Waals surface area contributed by atoms with Crippen LogP contribution in [0.3, 0.4) is 0 Å². The van der Waals surface area contributed by atoms with Crippen molar-refractivity contribution in [2.75, 3.05) is 45.1 Å². The Hall–Kier alpha value is -3.13. The Bertz CT molecular complexity index is 2100. The lowest BCUT2D eigenvalue weighted by molar-refractivity contribution is -0.0585. The fraction of sp³-hybridized carbons (Fsp3) is 0.643. The molecule has 21 nitrogen and oxygen atoms in total. The molecule has 53 heavy (non-hydrogen) atoms. The Balaban J connectivity index is 0.000000626. The van der Waals surface area contributed by atoms with Gasteiger partial charge in [0, 0.05) is 13.2 Å². The molecule has 0 aromatic carbocycles. The highest BCUT2D eigenvalue weighted by Gasteiger charge is 2.53. The van der Waals surface area contributed by atoms with Crippen molar-refractivity contribution in [2.24, 2.45) is 0 Å². The zero-order valence-electron chi connectivity index (χ0n) is 29.1. The van der Waals surface area contributed by atoms with Crippen molar-refractivity contribution in [3.05, 3.63) is 35.5 Å². The van der Waals surface area contributed by atoms with Crippen molar-refractivity contribution in [3.8, 4) is 0 Å². The molecule has 25 heteroatoms. The molecule has 292 valence electrons. The van der Waals surface area contributed by atoms with E-state index in [1.54, 1.807) is 6.92 Å². The summed E-state index contributed by atoms with van der Waals surface area (Å²) in [4.78, 5) is 48.5. The molecule has 2 bridgehead atoms. The molecule has 0 spiro atoms. The van der Waals surface area contributed by atoms with Crippen molar-refractivity contribution in [3.63, 3.8) is 0 Å². The SMILES string of the molecule is CCN(CC)CC.CCO[C@H]1[C@H]2OS(=O)(=O)NC[C@H]3O[C@@H](n4cnc5cncnc54)[C@H](F)[C@@H]3OP(O)(=S)OC[C@H]1O[C@H]2n1cnc2c(=O)[nH]c(N)nc21. The number of imidazole rings is 2. The van der Waals surface area contributed by atoms with Crippen LogP contribution in [0.1, 0.15) is 40.2 Å². The van der Waals surface area contributed by atoms with E-state index in [-0.39, 0.29) is 29.4 Å². The number of aromatic nitrogens is 8. The number of nitrogens with two attached hydrogens (primary N) is 1. The fourth-order valence-corrected chi connectivity index (χ4v) is 8.63. The Morgan fingerprint density at radius 2 is 1.77 bits per heavy atom. The number of rotatable bonds is 7. The number of nitrogens with zero attached hydrogens (tertiary/aromatic N) is 8. The van der Waals surface area contributed by atoms with E-state index in [9.17, 15) is 18.1 Å². The number of fused-ring (bicyclic) bond motifs is 5. The number of hydrogen-bond acceptors (Lipinski definition) is 17. The molecule has 7 rings (SSSR count). The van der Waals surface area contributed by atoms with Gasteiger partial charge in [-0.2, -0.15) is 18.1 Å². The monoisotopic (exact) mass is 805 g/mol. The van der Waals surface area contributed by atoms with Gasteiger partial charge in [0.25, 0.3) is 5.56 Å². The minimum atomic E-state index is -4.67. The zero-order chi connectivity index (χ0) is 38.1. The maximum Gasteiger partial charge on any atom is 0.336 e. The molecule has 0 radical (unpaired) electrons. The van der Waals surface area contributed by atoms with Gasteiger partial charge in [-0.1, -0.05) is 20.8 Å². The first-order valence-electron chi connectivity index (χ1n) is 16.8. The highest BCUT2D eigenvalue weighted by Crippen LogP contribution is 2.50. The van der Waals surface area contributed by atoms with Crippen LogP contribution in [0.25, 0.3) is 22.3 Å². The maximum atomic E-state index is 16.0. The minimum Gasteiger partial charge on any atom is -0.373 e. The van der Waals surface area contributed by atoms with Gasteiger partial charge in [0.2, 0.25) is 5.95 Å². The third-order valence-electron chi connectivity index (χ3n) is 8.85. The average Bonchev–Trinajstić information content (AvgIpc) is 3.88. The van der Waals surface area contributed by atoms with E-state index < -0.39 is 84.9 Å². The van der Waals surface area contributed by atoms with Gasteiger partial charge >= 0.3 is 17.0 Å². The second-order valence-electron chi connectivity index (χ2n) is 12.0. The Morgan fingerprint density at radius 1 is 1.08 bits per heavy atom. The summed E-state index contributed by atoms with van der Waals surface area (Å²) < 4.78 is 82.3. The van der Waals surface area contributed by atoms with Gasteiger partial charge in [-0.15, -0.1) is 0 Å². The molecule has 1 unspecified atom stereocenters. The van der Waals surface area contributed by atoms with Crippen molar-refractivity contribution >= 4 is 57.1 Å². The average molecular weight is 806 g/mol. The summed E-state index contributed by atoms with van der Waals surface area (Å²) in [6.07, 6.45) is -6.16. The molecule has 3 saturated heterocycles. The molecular weight excluding hydrogens is 764 g/mol. The molecule has 0 aliphatic carbocycles. The molecule has 4 aromatic heterocycles. The van der Waals surface area contributed by atoms with Gasteiger partial charge in [0.05, 0.1) is 25.5 Å². The zero-order valence-corrected chi connectivity index (χ0v) is 31.6. The molecule has 3 aliphatic heterocycles. The number of ether oxygens (including phenoxy) is 3. The van der Waals surface area contributed by atoms with Crippen molar-refractivity contribution in [1.29, 1.82) is 0 Å². The standard InChI is InChI=1S/C22H26FN10O10PS2.C6H15N/c1-2-38-15-11-5-39-44(35,45)42-14-10(40-20(12(14)23)32-7-27-9-3-25-6-26-17(9)32)4-29-46(36,37)43-16(15)21(41-11)33-8-28-13-18(33)30-22(24)31-19(13)34;1-4-7(5-2)6-3/h3,6-8,10-12,14-16,20-21,29H,2,4-5H2,1H3,(H,35,45)(H3,24,30,31,34);4-6H2,1-3H3/t10-,11-,12-,14-,15-,16-,20-,21-,44?;/m1./s1. The van der Waals surface area contributed by atoms with Crippen LogP contribution in [0.2, 0.25) is 0 Å². The largest absolute Gasteiger partial charge is 0.373 e. The molecular formula is C28H41FN11O10PS2. The molecule has 4 aromatic rings. The molecule has 0 saturated carbocycles. The Morgan fingerprint density at radius 3 is 2.47 bits per heavy atom. The topological polar surface area (TPSA) is 258 Å². The predicted molar refractivity (Wildman–Crippen MR) is 189 cm³/mol. The van der Waals surface area contributed by atoms with Gasteiger partial charge in [0.1, 0.15) is 36.3 Å². The summed E-state index contributed by atoms with van der Waals surface area (Å²) in [6.45, 7) is 6.55. The van der Waals surface area contributed by atoms with Gasteiger partial charge in [-0.25, -0.2) is 28.5 Å². The molecule has 9 atom stereocenters. The number of halogens is 1.